The van der Waals surface area contributed by atoms with E-state index in [1.807, 2.05) is 19.2 Å². The molecule has 1 aromatic carbocycles. The van der Waals surface area contributed by atoms with Crippen LogP contribution in [0, 0.1) is 0 Å². The van der Waals surface area contributed by atoms with Gasteiger partial charge in [-0.25, -0.2) is 0 Å². The number of carbonyl (C=O) groups is 1. The Kier molecular flexibility index (Phi) is 2.18. The minimum Gasteiger partial charge on any atom is -0.397 e. The molecule has 0 aromatic heterocycles. The van der Waals surface area contributed by atoms with Crippen molar-refractivity contribution in [3.63, 3.8) is 0 Å². The lowest BCUT2D eigenvalue weighted by Crippen LogP contribution is -2.40. The first-order chi connectivity index (χ1) is 8.17. The highest BCUT2D eigenvalue weighted by molar-refractivity contribution is 6.10. The van der Waals surface area contributed by atoms with Crippen LogP contribution >= 0.6 is 0 Å². The van der Waals surface area contributed by atoms with Crippen molar-refractivity contribution in [3.8, 4) is 0 Å². The molecule has 1 aromatic rings. The van der Waals surface area contributed by atoms with Gasteiger partial charge in [-0.15, -0.1) is 0 Å². The Bertz CT molecular complexity index is 475. The van der Waals surface area contributed by atoms with Gasteiger partial charge in [0.25, 0.3) is 0 Å². The first-order valence-corrected chi connectivity index (χ1v) is 6.34. The molecule has 1 heterocycles. The quantitative estimate of drug-likeness (QED) is 0.696. The van der Waals surface area contributed by atoms with Gasteiger partial charge in [0.05, 0.1) is 16.8 Å². The molecule has 1 saturated carbocycles. The molecule has 1 aliphatic heterocycles. The molecule has 90 valence electrons. The Balaban J connectivity index is 2.20. The van der Waals surface area contributed by atoms with Crippen LogP contribution < -0.4 is 10.6 Å². The predicted octanol–water partition coefficient (Wildman–Crippen LogP) is 2.45. The zero-order chi connectivity index (χ0) is 12.0. The fourth-order valence-electron chi connectivity index (χ4n) is 3.50. The van der Waals surface area contributed by atoms with E-state index in [2.05, 4.69) is 6.07 Å². The third-order valence-electron chi connectivity index (χ3n) is 4.34. The number of para-hydroxylation sites is 1. The summed E-state index contributed by atoms with van der Waals surface area (Å²) < 4.78 is 0. The summed E-state index contributed by atoms with van der Waals surface area (Å²) in [6, 6.07) is 5.93. The highest BCUT2D eigenvalue weighted by Gasteiger charge is 2.50. The normalized spacial score (nSPS) is 21.9. The van der Waals surface area contributed by atoms with Gasteiger partial charge >= 0.3 is 0 Å². The summed E-state index contributed by atoms with van der Waals surface area (Å²) in [6.45, 7) is 0. The van der Waals surface area contributed by atoms with Gasteiger partial charge < -0.3 is 10.6 Å². The molecule has 3 rings (SSSR count). The van der Waals surface area contributed by atoms with Gasteiger partial charge in [0.15, 0.2) is 0 Å². The number of carbonyl (C=O) groups excluding carboxylic acids is 1. The number of hydrogen-bond acceptors (Lipinski definition) is 2. The molecule has 0 bridgehead atoms. The van der Waals surface area contributed by atoms with Crippen molar-refractivity contribution in [2.45, 2.75) is 37.5 Å². The van der Waals surface area contributed by atoms with Crippen molar-refractivity contribution in [2.75, 3.05) is 17.7 Å². The van der Waals surface area contributed by atoms with Crippen molar-refractivity contribution in [2.24, 2.45) is 0 Å². The first kappa shape index (κ1) is 10.6. The molecule has 2 aliphatic rings. The number of hydrogen-bond donors (Lipinski definition) is 1. The van der Waals surface area contributed by atoms with Gasteiger partial charge in [0, 0.05) is 7.05 Å². The van der Waals surface area contributed by atoms with Crippen molar-refractivity contribution >= 4 is 17.3 Å². The van der Waals surface area contributed by atoms with Crippen molar-refractivity contribution in [1.82, 2.24) is 0 Å². The molecule has 0 atom stereocenters. The van der Waals surface area contributed by atoms with E-state index < -0.39 is 0 Å². The standard InChI is InChI=1S/C14H18N2O/c1-16-12-10(6-5-7-11(12)15)14(13(16)17)8-3-2-4-9-14/h5-7H,2-4,8-9,15H2,1H3. The zero-order valence-corrected chi connectivity index (χ0v) is 10.2. The Morgan fingerprint density at radius 3 is 2.65 bits per heavy atom. The number of likely N-dealkylation sites (N-methyl/N-ethyl adjacent to an activating group) is 1. The molecule has 1 aliphatic carbocycles. The SMILES string of the molecule is CN1C(=O)C2(CCCCC2)c2cccc(N)c21. The van der Waals surface area contributed by atoms with Gasteiger partial charge in [-0.05, 0) is 24.5 Å². The third-order valence-corrected chi connectivity index (χ3v) is 4.34. The van der Waals surface area contributed by atoms with Crippen LogP contribution in [-0.2, 0) is 10.2 Å². The maximum absolute atomic E-state index is 12.6. The Hall–Kier alpha value is -1.51. The number of rotatable bonds is 0. The largest absolute Gasteiger partial charge is 0.397 e. The number of anilines is 2. The molecular formula is C14H18N2O. The van der Waals surface area contributed by atoms with Crippen LogP contribution in [-0.4, -0.2) is 13.0 Å². The summed E-state index contributed by atoms with van der Waals surface area (Å²) in [5.41, 5.74) is 8.58. The molecule has 0 unspecified atom stereocenters. The summed E-state index contributed by atoms with van der Waals surface area (Å²) in [7, 11) is 1.85. The van der Waals surface area contributed by atoms with Crippen LogP contribution in [0.5, 0.6) is 0 Å². The van der Waals surface area contributed by atoms with Gasteiger partial charge in [0.1, 0.15) is 0 Å². The topological polar surface area (TPSA) is 46.3 Å². The Morgan fingerprint density at radius 2 is 1.94 bits per heavy atom. The smallest absolute Gasteiger partial charge is 0.237 e. The molecule has 1 amide bonds. The lowest BCUT2D eigenvalue weighted by atomic mass is 9.70. The number of nitrogens with two attached hydrogens (primary N) is 1. The van der Waals surface area contributed by atoms with Gasteiger partial charge in [-0.2, -0.15) is 0 Å². The van der Waals surface area contributed by atoms with Gasteiger partial charge in [-0.1, -0.05) is 31.4 Å². The second-order valence-electron chi connectivity index (χ2n) is 5.25. The third kappa shape index (κ3) is 1.25. The summed E-state index contributed by atoms with van der Waals surface area (Å²) in [4.78, 5) is 14.3. The van der Waals surface area contributed by atoms with Gasteiger partial charge in [0.2, 0.25) is 5.91 Å². The molecular weight excluding hydrogens is 212 g/mol. The lowest BCUT2D eigenvalue weighted by molar-refractivity contribution is -0.124. The number of benzene rings is 1. The van der Waals surface area contributed by atoms with E-state index in [9.17, 15) is 4.79 Å². The molecule has 0 saturated heterocycles. The van der Waals surface area contributed by atoms with Crippen LogP contribution in [0.3, 0.4) is 0 Å². The van der Waals surface area contributed by atoms with E-state index in [0.29, 0.717) is 0 Å². The summed E-state index contributed by atoms with van der Waals surface area (Å²) in [5.74, 6) is 0.241. The average molecular weight is 230 g/mol. The van der Waals surface area contributed by atoms with E-state index >= 15 is 0 Å². The molecule has 3 heteroatoms. The molecule has 1 fully saturated rings. The first-order valence-electron chi connectivity index (χ1n) is 6.34. The van der Waals surface area contributed by atoms with Crippen molar-refractivity contribution < 1.29 is 4.79 Å². The van der Waals surface area contributed by atoms with Crippen LogP contribution in [0.15, 0.2) is 18.2 Å². The van der Waals surface area contributed by atoms with Crippen molar-refractivity contribution in [1.29, 1.82) is 0 Å². The minimum atomic E-state index is -0.266. The number of nitrogen functional groups attached to an aromatic ring is 1. The monoisotopic (exact) mass is 230 g/mol. The van der Waals surface area contributed by atoms with Crippen LogP contribution in [0.2, 0.25) is 0 Å². The van der Waals surface area contributed by atoms with E-state index in [1.54, 1.807) is 4.90 Å². The summed E-state index contributed by atoms with van der Waals surface area (Å²) in [5, 5.41) is 0. The molecule has 0 radical (unpaired) electrons. The Labute approximate surface area is 102 Å². The highest BCUT2D eigenvalue weighted by atomic mass is 16.2. The minimum absolute atomic E-state index is 0.241. The molecule has 2 N–H and O–H groups in total. The van der Waals surface area contributed by atoms with Crippen LogP contribution in [0.1, 0.15) is 37.7 Å². The number of fused-ring (bicyclic) bond motifs is 2. The molecule has 3 nitrogen and oxygen atoms in total. The highest BCUT2D eigenvalue weighted by Crippen LogP contribution is 2.51. The van der Waals surface area contributed by atoms with E-state index in [0.717, 1.165) is 42.6 Å². The maximum atomic E-state index is 12.6. The van der Waals surface area contributed by atoms with E-state index in [-0.39, 0.29) is 11.3 Å². The Morgan fingerprint density at radius 1 is 1.24 bits per heavy atom. The van der Waals surface area contributed by atoms with E-state index in [4.69, 9.17) is 5.73 Å². The second kappa shape index (κ2) is 3.49. The van der Waals surface area contributed by atoms with Crippen LogP contribution in [0.25, 0.3) is 0 Å². The van der Waals surface area contributed by atoms with Crippen LogP contribution in [0.4, 0.5) is 11.4 Å². The van der Waals surface area contributed by atoms with Gasteiger partial charge in [-0.3, -0.25) is 4.79 Å². The van der Waals surface area contributed by atoms with E-state index in [1.165, 1.54) is 6.42 Å². The fourth-order valence-corrected chi connectivity index (χ4v) is 3.50. The molecule has 17 heavy (non-hydrogen) atoms. The predicted molar refractivity (Wildman–Crippen MR) is 69.0 cm³/mol. The number of nitrogens with zero attached hydrogens (tertiary/aromatic N) is 1. The summed E-state index contributed by atoms with van der Waals surface area (Å²) in [6.07, 6.45) is 5.50. The second-order valence-corrected chi connectivity index (χ2v) is 5.25. The number of amides is 1. The average Bonchev–Trinajstić information content (AvgIpc) is 2.55. The molecule has 1 spiro atoms. The fraction of sp³-hybridized carbons (Fsp3) is 0.500. The summed E-state index contributed by atoms with van der Waals surface area (Å²) >= 11 is 0. The maximum Gasteiger partial charge on any atom is 0.237 e. The zero-order valence-electron chi connectivity index (χ0n) is 10.2. The lowest BCUT2D eigenvalue weighted by Gasteiger charge is -2.32. The van der Waals surface area contributed by atoms with Crippen molar-refractivity contribution in [3.05, 3.63) is 23.8 Å².